The van der Waals surface area contributed by atoms with Crippen molar-refractivity contribution >= 4 is 98.7 Å². The molecule has 0 saturated heterocycles. The minimum absolute atomic E-state index is 0.574. The van der Waals surface area contributed by atoms with E-state index in [1.807, 2.05) is 12.1 Å². The van der Waals surface area contributed by atoms with Gasteiger partial charge in [-0.15, -0.1) is 0 Å². The monoisotopic (exact) mass is 1070 g/mol. The third-order valence-corrected chi connectivity index (χ3v) is 16.9. The summed E-state index contributed by atoms with van der Waals surface area (Å²) in [7, 11) is 0. The minimum Gasteiger partial charge on any atom is -0.454 e. The number of nitrogens with zero attached hydrogens (tertiary/aromatic N) is 8. The summed E-state index contributed by atoms with van der Waals surface area (Å²) in [6.45, 7) is 0. The Labute approximate surface area is 480 Å². The number of aromatic nitrogens is 8. The highest BCUT2D eigenvalue weighted by Gasteiger charge is 2.25. The molecule has 9 heteroatoms. The molecule has 0 spiro atoms. The second-order valence-electron chi connectivity index (χ2n) is 21.6. The van der Waals surface area contributed by atoms with E-state index in [-0.39, 0.29) is 0 Å². The predicted octanol–water partition coefficient (Wildman–Crippen LogP) is 18.8. The summed E-state index contributed by atoms with van der Waals surface area (Å²) in [5, 5.41) is 6.86. The number of furan rings is 1. The number of para-hydroxylation sites is 8. The van der Waals surface area contributed by atoms with Crippen LogP contribution in [0.15, 0.2) is 283 Å². The van der Waals surface area contributed by atoms with Gasteiger partial charge >= 0.3 is 0 Å². The van der Waals surface area contributed by atoms with E-state index in [1.54, 1.807) is 0 Å². The van der Waals surface area contributed by atoms with E-state index in [0.717, 1.165) is 111 Å². The van der Waals surface area contributed by atoms with E-state index in [4.69, 9.17) is 19.4 Å². The highest BCUT2D eigenvalue weighted by atomic mass is 16.3. The Bertz CT molecular complexity index is 5370. The molecule has 0 unspecified atom stereocenters. The maximum atomic E-state index is 6.52. The Hall–Kier alpha value is -11.6. The molecule has 0 N–H and O–H groups in total. The molecular formula is C75H46N8O. The maximum absolute atomic E-state index is 6.52. The van der Waals surface area contributed by atoms with Gasteiger partial charge in [0, 0.05) is 77.4 Å². The summed E-state index contributed by atoms with van der Waals surface area (Å²) in [4.78, 5) is 16.0. The molecule has 11 aromatic carbocycles. The number of rotatable bonds is 8. The summed E-state index contributed by atoms with van der Waals surface area (Å²) in [6, 6.07) is 98.8. The predicted molar refractivity (Wildman–Crippen MR) is 343 cm³/mol. The van der Waals surface area contributed by atoms with Crippen molar-refractivity contribution in [2.75, 3.05) is 0 Å². The fraction of sp³-hybridized carbons (Fsp3) is 0. The third-order valence-electron chi connectivity index (χ3n) is 16.9. The fourth-order valence-corrected chi connectivity index (χ4v) is 13.3. The number of fused-ring (bicyclic) bond motifs is 15. The van der Waals surface area contributed by atoms with Gasteiger partial charge in [-0.2, -0.15) is 0 Å². The van der Waals surface area contributed by atoms with E-state index in [9.17, 15) is 0 Å². The van der Waals surface area contributed by atoms with Crippen LogP contribution in [0.4, 0.5) is 0 Å². The van der Waals surface area contributed by atoms with Crippen LogP contribution in [0, 0.1) is 0 Å². The molecule has 7 heterocycles. The van der Waals surface area contributed by atoms with Gasteiger partial charge in [-0.05, 0) is 146 Å². The first-order valence-corrected chi connectivity index (χ1v) is 28.4. The number of hydrogen-bond donors (Lipinski definition) is 0. The first-order valence-electron chi connectivity index (χ1n) is 28.4. The lowest BCUT2D eigenvalue weighted by Gasteiger charge is -2.12. The third kappa shape index (κ3) is 6.75. The zero-order chi connectivity index (χ0) is 55.0. The summed E-state index contributed by atoms with van der Waals surface area (Å²) < 4.78 is 18.4. The number of benzene rings is 11. The highest BCUT2D eigenvalue weighted by molar-refractivity contribution is 6.21. The van der Waals surface area contributed by atoms with Crippen molar-refractivity contribution < 1.29 is 4.42 Å². The maximum Gasteiger partial charge on any atom is 0.164 e. The minimum atomic E-state index is 0.574. The molecule has 0 aliphatic heterocycles. The Morgan fingerprint density at radius 1 is 0.214 bits per heavy atom. The van der Waals surface area contributed by atoms with Crippen LogP contribution in [0.5, 0.6) is 0 Å². The molecule has 392 valence electrons. The Morgan fingerprint density at radius 3 is 0.833 bits per heavy atom. The van der Waals surface area contributed by atoms with Crippen LogP contribution in [0.2, 0.25) is 0 Å². The van der Waals surface area contributed by atoms with Crippen LogP contribution in [0.3, 0.4) is 0 Å². The Kier molecular flexibility index (Phi) is 9.89. The lowest BCUT2D eigenvalue weighted by Crippen LogP contribution is -2.01. The number of hydrogen-bond acceptors (Lipinski definition) is 4. The standard InChI is InChI=1S/C75H46N8O/c1-3-19-50(20-4-1)79-61-29-13-7-23-55(61)69-67(79)57-25-9-15-31-63(57)81(69)52-41-35-47(36-42-52)73-76-74(78-75(77-73)49-39-45-54(46-40-49)83-65-33-17-11-27-59(65)72-71(83)60-28-12-18-34-66(60)84-72)48-37-43-53(44-38-48)82-64-32-16-10-26-58(64)68-70(82)56-24-8-14-30-62(56)80(68)51-21-5-2-6-22-51/h1-46H. The van der Waals surface area contributed by atoms with Crippen molar-refractivity contribution in [3.05, 3.63) is 279 Å². The average Bonchev–Trinajstić information content (AvgIpc) is 2.06. The molecule has 18 rings (SSSR count). The summed E-state index contributed by atoms with van der Waals surface area (Å²) in [5.74, 6) is 1.73. The van der Waals surface area contributed by atoms with Crippen LogP contribution in [-0.2, 0) is 0 Å². The second kappa shape index (κ2) is 18.0. The molecule has 0 saturated carbocycles. The van der Waals surface area contributed by atoms with E-state index in [1.165, 1.54) is 32.6 Å². The average molecular weight is 1080 g/mol. The van der Waals surface area contributed by atoms with E-state index >= 15 is 0 Å². The van der Waals surface area contributed by atoms with Gasteiger partial charge in [-0.1, -0.05) is 133 Å². The van der Waals surface area contributed by atoms with Gasteiger partial charge in [0.25, 0.3) is 0 Å². The van der Waals surface area contributed by atoms with Gasteiger partial charge in [-0.3, -0.25) is 0 Å². The van der Waals surface area contributed by atoms with Gasteiger partial charge in [0.05, 0.1) is 49.7 Å². The van der Waals surface area contributed by atoms with Gasteiger partial charge in [0.1, 0.15) is 11.1 Å². The van der Waals surface area contributed by atoms with Crippen LogP contribution in [0.1, 0.15) is 0 Å². The van der Waals surface area contributed by atoms with Crippen molar-refractivity contribution in [1.29, 1.82) is 0 Å². The first kappa shape index (κ1) is 46.2. The van der Waals surface area contributed by atoms with Crippen LogP contribution in [0.25, 0.3) is 161 Å². The SMILES string of the molecule is c1ccc(-n2c3ccccc3c3c2c2ccccc2n3-c2ccc(-c3nc(-c4ccc(-n5c6ccccc6c6oc7ccccc7c65)cc4)nc(-c4ccc(-n5c6ccccc6c6c5c5ccccc5n6-c5ccccc5)cc4)n3)cc2)cc1. The zero-order valence-electron chi connectivity index (χ0n) is 45.0. The zero-order valence-corrected chi connectivity index (χ0v) is 45.0. The summed E-state index contributed by atoms with van der Waals surface area (Å²) in [6.07, 6.45) is 0. The van der Waals surface area contributed by atoms with Crippen molar-refractivity contribution in [1.82, 2.24) is 37.8 Å². The van der Waals surface area contributed by atoms with E-state index in [0.29, 0.717) is 17.5 Å². The lowest BCUT2D eigenvalue weighted by atomic mass is 10.1. The molecule has 0 radical (unpaired) electrons. The van der Waals surface area contributed by atoms with Crippen molar-refractivity contribution in [2.24, 2.45) is 0 Å². The molecule has 0 amide bonds. The van der Waals surface area contributed by atoms with Gasteiger partial charge in [0.2, 0.25) is 0 Å². The lowest BCUT2D eigenvalue weighted by molar-refractivity contribution is 0.673. The normalized spacial score (nSPS) is 12.0. The molecule has 0 aliphatic carbocycles. The molecule has 84 heavy (non-hydrogen) atoms. The molecule has 18 aromatic rings. The molecular weight excluding hydrogens is 1030 g/mol. The van der Waals surface area contributed by atoms with Crippen LogP contribution in [-0.4, -0.2) is 37.8 Å². The van der Waals surface area contributed by atoms with Gasteiger partial charge < -0.3 is 27.3 Å². The Balaban J connectivity index is 0.793. The topological polar surface area (TPSA) is 76.5 Å². The molecule has 9 nitrogen and oxygen atoms in total. The highest BCUT2D eigenvalue weighted by Crippen LogP contribution is 2.44. The van der Waals surface area contributed by atoms with Crippen LogP contribution >= 0.6 is 0 Å². The van der Waals surface area contributed by atoms with Crippen molar-refractivity contribution in [3.8, 4) is 62.6 Å². The quantitative estimate of drug-likeness (QED) is 0.152. The molecule has 0 atom stereocenters. The smallest absolute Gasteiger partial charge is 0.164 e. The molecule has 0 bridgehead atoms. The van der Waals surface area contributed by atoms with Gasteiger partial charge in [-0.25, -0.2) is 15.0 Å². The van der Waals surface area contributed by atoms with Crippen LogP contribution < -0.4 is 0 Å². The second-order valence-corrected chi connectivity index (χ2v) is 21.6. The fourth-order valence-electron chi connectivity index (χ4n) is 13.3. The molecule has 7 aromatic heterocycles. The first-order chi connectivity index (χ1) is 41.7. The summed E-state index contributed by atoms with van der Waals surface area (Å²) in [5.41, 5.74) is 21.1. The van der Waals surface area contributed by atoms with E-state index in [2.05, 4.69) is 290 Å². The Morgan fingerprint density at radius 2 is 0.476 bits per heavy atom. The largest absolute Gasteiger partial charge is 0.454 e. The van der Waals surface area contributed by atoms with Crippen molar-refractivity contribution in [2.45, 2.75) is 0 Å². The van der Waals surface area contributed by atoms with Gasteiger partial charge in [0.15, 0.2) is 23.1 Å². The van der Waals surface area contributed by atoms with Crippen molar-refractivity contribution in [3.63, 3.8) is 0 Å². The summed E-state index contributed by atoms with van der Waals surface area (Å²) >= 11 is 0. The van der Waals surface area contributed by atoms with E-state index < -0.39 is 0 Å². The molecule has 0 fully saturated rings. The molecule has 0 aliphatic rings.